The van der Waals surface area contributed by atoms with Gasteiger partial charge in [-0.05, 0) is 37.5 Å². The van der Waals surface area contributed by atoms with Crippen LogP contribution in [-0.2, 0) is 9.59 Å². The summed E-state index contributed by atoms with van der Waals surface area (Å²) in [5.41, 5.74) is -1.24. The van der Waals surface area contributed by atoms with E-state index in [1.165, 1.54) is 0 Å². The van der Waals surface area contributed by atoms with Gasteiger partial charge in [-0.3, -0.25) is 0 Å². The van der Waals surface area contributed by atoms with Crippen molar-refractivity contribution in [3.63, 3.8) is 0 Å². The fourth-order valence-electron chi connectivity index (χ4n) is 2.06. The summed E-state index contributed by atoms with van der Waals surface area (Å²) in [4.78, 5) is 21.5. The van der Waals surface area contributed by atoms with Gasteiger partial charge in [-0.1, -0.05) is 68.2 Å². The quantitative estimate of drug-likeness (QED) is 0.466. The van der Waals surface area contributed by atoms with E-state index in [2.05, 4.69) is 27.7 Å². The van der Waals surface area contributed by atoms with Crippen molar-refractivity contribution in [2.75, 3.05) is 0 Å². The van der Waals surface area contributed by atoms with Crippen molar-refractivity contribution >= 4 is 35.8 Å². The summed E-state index contributed by atoms with van der Waals surface area (Å²) in [5.74, 6) is -0.693. The predicted molar refractivity (Wildman–Crippen MR) is 103 cm³/mol. The molecule has 0 bridgehead atoms. The molecule has 0 radical (unpaired) electrons. The summed E-state index contributed by atoms with van der Waals surface area (Å²) in [6.07, 6.45) is 4.67. The molecular formula is C20H40O4Sn. The Bertz CT molecular complexity index is 346. The molecule has 0 aromatic heterocycles. The second-order valence-corrected chi connectivity index (χ2v) is 8.27. The van der Waals surface area contributed by atoms with Gasteiger partial charge in [0.2, 0.25) is 0 Å². The Morgan fingerprint density at radius 1 is 0.760 bits per heavy atom. The predicted octanol–water partition coefficient (Wildman–Crippen LogP) is 2.26. The third-order valence-electron chi connectivity index (χ3n) is 5.09. The van der Waals surface area contributed by atoms with Crippen LogP contribution in [0.5, 0.6) is 0 Å². The summed E-state index contributed by atoms with van der Waals surface area (Å²) in [7, 11) is 0. The van der Waals surface area contributed by atoms with Crippen molar-refractivity contribution in [2.24, 2.45) is 22.7 Å². The van der Waals surface area contributed by atoms with Gasteiger partial charge in [0.05, 0.1) is 0 Å². The van der Waals surface area contributed by atoms with Crippen molar-refractivity contribution < 1.29 is 19.8 Å². The second-order valence-electron chi connectivity index (χ2n) is 8.27. The average Bonchev–Trinajstić information content (AvgIpc) is 2.50. The van der Waals surface area contributed by atoms with Crippen LogP contribution in [0.25, 0.3) is 0 Å². The Kier molecular flexibility index (Phi) is 16.4. The molecule has 2 atom stereocenters. The number of rotatable bonds is 10. The number of carboxylic acid groups (broad SMARTS) is 2. The first kappa shape index (κ1) is 29.5. The number of carboxylic acids is 2. The Labute approximate surface area is 172 Å². The second kappa shape index (κ2) is 13.9. The number of carbonyl (C=O) groups is 2. The molecule has 0 saturated heterocycles. The zero-order valence-corrected chi connectivity index (χ0v) is 21.8. The topological polar surface area (TPSA) is 80.3 Å². The van der Waals surface area contributed by atoms with E-state index in [0.717, 1.165) is 25.7 Å². The van der Waals surface area contributed by atoms with Crippen LogP contribution in [0.4, 0.5) is 0 Å². The molecule has 0 spiro atoms. The molecule has 148 valence electrons. The van der Waals surface area contributed by atoms with E-state index >= 15 is 0 Å². The molecule has 4 nitrogen and oxygen atoms in total. The number of aliphatic carboxylic acids is 2. The summed E-state index contributed by atoms with van der Waals surface area (Å²) >= 11 is 0. The van der Waals surface area contributed by atoms with Crippen molar-refractivity contribution in [1.29, 1.82) is 0 Å². The molecule has 0 saturated carbocycles. The summed E-state index contributed by atoms with van der Waals surface area (Å²) in [6, 6.07) is 0. The van der Waals surface area contributed by atoms with Crippen molar-refractivity contribution in [2.45, 2.75) is 93.9 Å². The van der Waals surface area contributed by atoms with Crippen LogP contribution in [0, 0.1) is 22.7 Å². The SMILES string of the molecule is CCC(C)(CCC(C)C)C(=O)[O-].CCC(C)(CCC(C)C)C(=O)[O-].[SnH2+2]. The third-order valence-corrected chi connectivity index (χ3v) is 5.09. The first-order valence-corrected chi connectivity index (χ1v) is 9.27. The third kappa shape index (κ3) is 12.7. The molecule has 0 aromatic rings. The van der Waals surface area contributed by atoms with Crippen molar-refractivity contribution in [3.8, 4) is 0 Å². The van der Waals surface area contributed by atoms with Gasteiger partial charge in [0.1, 0.15) is 0 Å². The van der Waals surface area contributed by atoms with E-state index in [1.54, 1.807) is 13.8 Å². The zero-order valence-electron chi connectivity index (χ0n) is 17.7. The molecule has 0 aliphatic heterocycles. The molecular weight excluding hydrogens is 423 g/mol. The van der Waals surface area contributed by atoms with Crippen LogP contribution >= 0.6 is 0 Å². The Balaban J connectivity index is -0.000000372. The van der Waals surface area contributed by atoms with E-state index in [9.17, 15) is 19.8 Å². The molecule has 5 heteroatoms. The fourth-order valence-corrected chi connectivity index (χ4v) is 2.06. The molecule has 0 aliphatic rings. The van der Waals surface area contributed by atoms with Crippen LogP contribution in [0.2, 0.25) is 0 Å². The number of carbonyl (C=O) groups excluding carboxylic acids is 2. The molecule has 0 fully saturated rings. The zero-order chi connectivity index (χ0) is 19.6. The maximum absolute atomic E-state index is 10.8. The standard InChI is InChI=1S/2C10H20O2.Sn.2H/c2*1-5-10(4,9(11)12)7-6-8(2)3;;;/h2*8H,5-7H2,1-4H3,(H,11,12);;;/q;;+2;;/p-2. The summed E-state index contributed by atoms with van der Waals surface area (Å²) in [5, 5.41) is 21.5. The molecule has 2 unspecified atom stereocenters. The van der Waals surface area contributed by atoms with Gasteiger partial charge >= 0.3 is 23.9 Å². The number of hydrogen-bond donors (Lipinski definition) is 0. The van der Waals surface area contributed by atoms with Gasteiger partial charge in [0, 0.05) is 22.8 Å². The van der Waals surface area contributed by atoms with E-state index in [-0.39, 0.29) is 23.9 Å². The summed E-state index contributed by atoms with van der Waals surface area (Å²) in [6.45, 7) is 15.7. The maximum atomic E-state index is 10.8. The Hall–Kier alpha value is -0.261. The van der Waals surface area contributed by atoms with Gasteiger partial charge in [-0.25, -0.2) is 0 Å². The van der Waals surface area contributed by atoms with Gasteiger partial charge in [-0.15, -0.1) is 0 Å². The molecule has 25 heavy (non-hydrogen) atoms. The Morgan fingerprint density at radius 2 is 1.00 bits per heavy atom. The summed E-state index contributed by atoms with van der Waals surface area (Å²) < 4.78 is 0. The van der Waals surface area contributed by atoms with E-state index in [4.69, 9.17) is 0 Å². The fraction of sp³-hybridized carbons (Fsp3) is 0.900. The van der Waals surface area contributed by atoms with E-state index < -0.39 is 22.8 Å². The number of hydrogen-bond acceptors (Lipinski definition) is 4. The van der Waals surface area contributed by atoms with Crippen molar-refractivity contribution in [1.82, 2.24) is 0 Å². The van der Waals surface area contributed by atoms with Gasteiger partial charge in [-0.2, -0.15) is 0 Å². The van der Waals surface area contributed by atoms with Crippen LogP contribution in [0.15, 0.2) is 0 Å². The molecule has 0 heterocycles. The molecule has 0 rings (SSSR count). The first-order valence-electron chi connectivity index (χ1n) is 9.27. The van der Waals surface area contributed by atoms with Crippen molar-refractivity contribution in [3.05, 3.63) is 0 Å². The van der Waals surface area contributed by atoms with Gasteiger partial charge < -0.3 is 19.8 Å². The van der Waals surface area contributed by atoms with Gasteiger partial charge in [0.15, 0.2) is 0 Å². The Morgan fingerprint density at radius 3 is 1.12 bits per heavy atom. The molecule has 0 aliphatic carbocycles. The normalized spacial score (nSPS) is 15.4. The molecule has 0 aromatic carbocycles. The van der Waals surface area contributed by atoms with Crippen LogP contribution in [0.1, 0.15) is 93.9 Å². The monoisotopic (exact) mass is 464 g/mol. The minimum absolute atomic E-state index is 0. The van der Waals surface area contributed by atoms with E-state index in [0.29, 0.717) is 24.7 Å². The van der Waals surface area contributed by atoms with Crippen LogP contribution in [-0.4, -0.2) is 35.8 Å². The molecule has 0 amide bonds. The van der Waals surface area contributed by atoms with Gasteiger partial charge in [0.25, 0.3) is 0 Å². The van der Waals surface area contributed by atoms with Crippen LogP contribution in [0.3, 0.4) is 0 Å². The average molecular weight is 463 g/mol. The van der Waals surface area contributed by atoms with Crippen LogP contribution < -0.4 is 10.2 Å². The first-order chi connectivity index (χ1) is 10.8. The molecule has 0 N–H and O–H groups in total. The van der Waals surface area contributed by atoms with E-state index in [1.807, 2.05) is 13.8 Å². The minimum atomic E-state index is -0.911.